The number of aliphatic carboxylic acids is 1. The zero-order valence-electron chi connectivity index (χ0n) is 12.0. The average Bonchev–Trinajstić information content (AvgIpc) is 2.94. The maximum Gasteiger partial charge on any atom is 0.307 e. The van der Waals surface area contributed by atoms with Crippen LogP contribution in [0, 0.1) is 11.8 Å². The molecule has 2 rings (SSSR count). The van der Waals surface area contributed by atoms with Crippen molar-refractivity contribution < 1.29 is 19.4 Å². The van der Waals surface area contributed by atoms with E-state index >= 15 is 0 Å². The third kappa shape index (κ3) is 3.64. The molecule has 0 radical (unpaired) electrons. The highest BCUT2D eigenvalue weighted by Crippen LogP contribution is 2.35. The van der Waals surface area contributed by atoms with Crippen LogP contribution in [0.2, 0.25) is 0 Å². The summed E-state index contributed by atoms with van der Waals surface area (Å²) in [4.78, 5) is 23.7. The van der Waals surface area contributed by atoms with Gasteiger partial charge in [-0.25, -0.2) is 0 Å². The lowest BCUT2D eigenvalue weighted by Crippen LogP contribution is -2.25. The summed E-state index contributed by atoms with van der Waals surface area (Å²) >= 11 is 3.40. The van der Waals surface area contributed by atoms with Gasteiger partial charge in [0.1, 0.15) is 5.75 Å². The highest BCUT2D eigenvalue weighted by molar-refractivity contribution is 9.10. The van der Waals surface area contributed by atoms with E-state index in [1.165, 1.54) is 0 Å². The lowest BCUT2D eigenvalue weighted by Gasteiger charge is -2.15. The van der Waals surface area contributed by atoms with Gasteiger partial charge in [-0.05, 0) is 53.4 Å². The molecule has 2 atom stereocenters. The fraction of sp³-hybridized carbons (Fsp3) is 0.500. The molecule has 0 saturated heterocycles. The molecule has 1 N–H and O–H groups in total. The van der Waals surface area contributed by atoms with Crippen LogP contribution in [0.15, 0.2) is 22.7 Å². The Kier molecular flexibility index (Phi) is 5.39. The van der Waals surface area contributed by atoms with Crippen molar-refractivity contribution in [2.45, 2.75) is 32.6 Å². The van der Waals surface area contributed by atoms with E-state index in [1.54, 1.807) is 18.2 Å². The summed E-state index contributed by atoms with van der Waals surface area (Å²) in [6, 6.07) is 5.21. The van der Waals surface area contributed by atoms with E-state index in [9.17, 15) is 14.7 Å². The molecule has 1 saturated carbocycles. The van der Waals surface area contributed by atoms with Gasteiger partial charge in [0.15, 0.2) is 5.78 Å². The maximum atomic E-state index is 12.5. The summed E-state index contributed by atoms with van der Waals surface area (Å²) in [6.07, 6.45) is 2.95. The Morgan fingerprint density at radius 2 is 2.05 bits per heavy atom. The minimum Gasteiger partial charge on any atom is -0.492 e. The number of rotatable bonds is 6. The van der Waals surface area contributed by atoms with Crippen molar-refractivity contribution in [1.82, 2.24) is 0 Å². The van der Waals surface area contributed by atoms with Gasteiger partial charge in [0.05, 0.1) is 17.0 Å². The lowest BCUT2D eigenvalue weighted by atomic mass is 9.88. The number of benzene rings is 1. The van der Waals surface area contributed by atoms with Crippen LogP contribution in [0.1, 0.15) is 43.0 Å². The number of halogens is 1. The van der Waals surface area contributed by atoms with Gasteiger partial charge in [-0.1, -0.05) is 13.3 Å². The van der Waals surface area contributed by atoms with E-state index in [1.807, 2.05) is 6.92 Å². The number of ether oxygens (including phenoxy) is 1. The summed E-state index contributed by atoms with van der Waals surface area (Å²) in [5.74, 6) is -1.20. The second kappa shape index (κ2) is 7.07. The van der Waals surface area contributed by atoms with Gasteiger partial charge < -0.3 is 9.84 Å². The fourth-order valence-corrected chi connectivity index (χ4v) is 3.26. The van der Waals surface area contributed by atoms with Gasteiger partial charge in [0.2, 0.25) is 0 Å². The lowest BCUT2D eigenvalue weighted by molar-refractivity contribution is -0.142. The summed E-state index contributed by atoms with van der Waals surface area (Å²) in [5, 5.41) is 9.19. The molecule has 5 heteroatoms. The van der Waals surface area contributed by atoms with E-state index in [2.05, 4.69) is 15.9 Å². The van der Waals surface area contributed by atoms with Gasteiger partial charge in [-0.15, -0.1) is 0 Å². The molecule has 1 aliphatic rings. The zero-order chi connectivity index (χ0) is 15.4. The summed E-state index contributed by atoms with van der Waals surface area (Å²) in [5.41, 5.74) is 0.545. The van der Waals surface area contributed by atoms with E-state index in [0.717, 1.165) is 17.3 Å². The molecule has 0 aliphatic heterocycles. The highest BCUT2D eigenvalue weighted by Gasteiger charge is 2.38. The molecule has 0 aromatic heterocycles. The van der Waals surface area contributed by atoms with Crippen molar-refractivity contribution >= 4 is 27.7 Å². The van der Waals surface area contributed by atoms with Crippen LogP contribution < -0.4 is 4.74 Å². The Morgan fingerprint density at radius 3 is 2.67 bits per heavy atom. The third-order valence-electron chi connectivity index (χ3n) is 3.85. The molecule has 0 heterocycles. The predicted octanol–water partition coefficient (Wildman–Crippen LogP) is 3.92. The van der Waals surface area contributed by atoms with Gasteiger partial charge in [-0.3, -0.25) is 9.59 Å². The standard InChI is InChI=1S/C16H19BrO4/c1-2-8-21-14-7-6-10(9-13(14)17)15(18)11-4-3-5-12(11)16(19)20/h6-7,9,11-12H,2-5,8H2,1H3,(H,19,20). The highest BCUT2D eigenvalue weighted by atomic mass is 79.9. The summed E-state index contributed by atoms with van der Waals surface area (Å²) in [7, 11) is 0. The molecular weight excluding hydrogens is 336 g/mol. The van der Waals surface area contributed by atoms with Crippen molar-refractivity contribution in [3.8, 4) is 5.75 Å². The number of carbonyl (C=O) groups is 2. The molecule has 4 nitrogen and oxygen atoms in total. The van der Waals surface area contributed by atoms with Crippen LogP contribution in [0.4, 0.5) is 0 Å². The molecule has 2 unspecified atom stereocenters. The van der Waals surface area contributed by atoms with Crippen LogP contribution >= 0.6 is 15.9 Å². The normalized spacial score (nSPS) is 21.2. The molecule has 21 heavy (non-hydrogen) atoms. The van der Waals surface area contributed by atoms with Crippen molar-refractivity contribution in [2.75, 3.05) is 6.61 Å². The van der Waals surface area contributed by atoms with Crippen LogP contribution in [0.3, 0.4) is 0 Å². The second-order valence-corrected chi connectivity index (χ2v) is 6.19. The Labute approximate surface area is 132 Å². The molecule has 114 valence electrons. The minimum absolute atomic E-state index is 0.0809. The first-order chi connectivity index (χ1) is 10.0. The number of ketones is 1. The molecular formula is C16H19BrO4. The molecule has 1 aromatic rings. The van der Waals surface area contributed by atoms with Crippen LogP contribution in [-0.4, -0.2) is 23.5 Å². The minimum atomic E-state index is -0.868. The van der Waals surface area contributed by atoms with E-state index in [4.69, 9.17) is 4.74 Å². The summed E-state index contributed by atoms with van der Waals surface area (Å²) < 4.78 is 6.28. The zero-order valence-corrected chi connectivity index (χ0v) is 13.6. The van der Waals surface area contributed by atoms with Crippen molar-refractivity contribution in [1.29, 1.82) is 0 Å². The Balaban J connectivity index is 2.16. The average molecular weight is 355 g/mol. The molecule has 1 aliphatic carbocycles. The fourth-order valence-electron chi connectivity index (χ4n) is 2.77. The number of hydrogen-bond donors (Lipinski definition) is 1. The molecule has 1 aromatic carbocycles. The largest absolute Gasteiger partial charge is 0.492 e. The Hall–Kier alpha value is -1.36. The van der Waals surface area contributed by atoms with Crippen LogP contribution in [0.5, 0.6) is 5.75 Å². The molecule has 0 bridgehead atoms. The maximum absolute atomic E-state index is 12.5. The number of carbonyl (C=O) groups excluding carboxylic acids is 1. The predicted molar refractivity (Wildman–Crippen MR) is 82.7 cm³/mol. The van der Waals surface area contributed by atoms with E-state index in [0.29, 0.717) is 30.8 Å². The molecule has 0 spiro atoms. The smallest absolute Gasteiger partial charge is 0.307 e. The van der Waals surface area contributed by atoms with Crippen molar-refractivity contribution in [2.24, 2.45) is 11.8 Å². The first-order valence-corrected chi connectivity index (χ1v) is 8.03. The SMILES string of the molecule is CCCOc1ccc(C(=O)C2CCCC2C(=O)O)cc1Br. The van der Waals surface area contributed by atoms with Crippen molar-refractivity contribution in [3.05, 3.63) is 28.2 Å². The van der Waals surface area contributed by atoms with Gasteiger partial charge in [-0.2, -0.15) is 0 Å². The van der Waals surface area contributed by atoms with Crippen LogP contribution in [-0.2, 0) is 4.79 Å². The first kappa shape index (κ1) is 16.0. The van der Waals surface area contributed by atoms with E-state index < -0.39 is 17.8 Å². The number of carboxylic acid groups (broad SMARTS) is 1. The summed E-state index contributed by atoms with van der Waals surface area (Å²) in [6.45, 7) is 2.65. The monoisotopic (exact) mass is 354 g/mol. The Bertz CT molecular complexity index is 541. The third-order valence-corrected chi connectivity index (χ3v) is 4.47. The number of hydrogen-bond acceptors (Lipinski definition) is 3. The van der Waals surface area contributed by atoms with Crippen molar-refractivity contribution in [3.63, 3.8) is 0 Å². The first-order valence-electron chi connectivity index (χ1n) is 7.24. The topological polar surface area (TPSA) is 63.6 Å². The quantitative estimate of drug-likeness (QED) is 0.786. The van der Waals surface area contributed by atoms with E-state index in [-0.39, 0.29) is 5.78 Å². The van der Waals surface area contributed by atoms with Gasteiger partial charge in [0.25, 0.3) is 0 Å². The second-order valence-electron chi connectivity index (χ2n) is 5.34. The number of carboxylic acids is 1. The Morgan fingerprint density at radius 1 is 1.33 bits per heavy atom. The van der Waals surface area contributed by atoms with Gasteiger partial charge in [0, 0.05) is 11.5 Å². The molecule has 0 amide bonds. The van der Waals surface area contributed by atoms with Crippen LogP contribution in [0.25, 0.3) is 0 Å². The molecule has 1 fully saturated rings. The van der Waals surface area contributed by atoms with Gasteiger partial charge >= 0.3 is 5.97 Å². The number of Topliss-reactive ketones (excluding diaryl/α,β-unsaturated/α-hetero) is 1.